The van der Waals surface area contributed by atoms with Crippen LogP contribution in [0.15, 0.2) is 84.9 Å². The Labute approximate surface area is 263 Å². The molecule has 40 heavy (non-hydrogen) atoms. The van der Waals surface area contributed by atoms with Crippen LogP contribution in [0.1, 0.15) is 69.5 Å². The normalized spacial score (nSPS) is 12.5. The van der Waals surface area contributed by atoms with Crippen molar-refractivity contribution in [3.05, 3.63) is 154 Å². The van der Waals surface area contributed by atoms with Crippen molar-refractivity contribution < 1.29 is 25.8 Å². The average Bonchev–Trinajstić information content (AvgIpc) is 3.48. The minimum atomic E-state index is 0. The molecule has 1 heteroatoms. The van der Waals surface area contributed by atoms with Gasteiger partial charge in [-0.1, -0.05) is 78.6 Å². The van der Waals surface area contributed by atoms with Crippen LogP contribution in [0.2, 0.25) is 0 Å². The third-order valence-corrected chi connectivity index (χ3v) is 8.15. The van der Waals surface area contributed by atoms with Gasteiger partial charge in [-0.25, -0.2) is 0 Å². The molecule has 0 radical (unpaired) electrons. The number of benzene rings is 3. The number of aryl methyl sites for hydroxylation is 1. The molecule has 0 fully saturated rings. The van der Waals surface area contributed by atoms with E-state index in [9.17, 15) is 0 Å². The van der Waals surface area contributed by atoms with Crippen molar-refractivity contribution in [2.75, 3.05) is 0 Å². The van der Waals surface area contributed by atoms with Crippen molar-refractivity contribution in [2.24, 2.45) is 5.41 Å². The van der Waals surface area contributed by atoms with Crippen LogP contribution < -0.4 is 0 Å². The van der Waals surface area contributed by atoms with Crippen LogP contribution in [0, 0.1) is 60.8 Å². The van der Waals surface area contributed by atoms with Crippen LogP contribution in [0.4, 0.5) is 0 Å². The zero-order chi connectivity index (χ0) is 28.7. The van der Waals surface area contributed by atoms with Crippen molar-refractivity contribution in [2.45, 2.75) is 68.2 Å². The summed E-state index contributed by atoms with van der Waals surface area (Å²) >= 11 is 0. The summed E-state index contributed by atoms with van der Waals surface area (Å²) in [6, 6.07) is 29.0. The fourth-order valence-electron chi connectivity index (χ4n) is 5.28. The van der Waals surface area contributed by atoms with Crippen LogP contribution in [0.5, 0.6) is 0 Å². The maximum atomic E-state index is 3.72. The van der Waals surface area contributed by atoms with Gasteiger partial charge in [-0.2, -0.15) is 89.2 Å². The quantitative estimate of drug-likeness (QED) is 0.112. The maximum Gasteiger partial charge on any atom is 4.00 e. The molecule has 0 atom stereocenters. The molecule has 0 aliphatic heterocycles. The predicted octanol–water partition coefficient (Wildman–Crippen LogP) is 10.7. The van der Waals surface area contributed by atoms with Crippen molar-refractivity contribution >= 4 is 10.8 Å². The molecule has 0 spiro atoms. The molecule has 206 valence electrons. The number of hydrogen-bond donors (Lipinski definition) is 0. The standard InChI is InChI=1S/C15H17.C10H15.2C7H7.Hf/c1-10-4-5-11-6-12-8-15(2,3)9-13(12)7-14(10)11;1-6-7(2)9(4)10(5)8(6)3;2*1-7-5-3-2-4-6-7;/h4-7H,8-9H2,1-3H3;1-5H3;2*2-6H,1H2;/q4*-1;+4. The van der Waals surface area contributed by atoms with E-state index in [1.54, 1.807) is 11.1 Å². The third-order valence-electron chi connectivity index (χ3n) is 8.15. The summed E-state index contributed by atoms with van der Waals surface area (Å²) in [5, 5.41) is 2.87. The molecule has 0 nitrogen and oxygen atoms in total. The molecule has 1 aliphatic rings. The molecule has 0 saturated heterocycles. The van der Waals surface area contributed by atoms with E-state index in [4.69, 9.17) is 0 Å². The monoisotopic (exact) mass is 694 g/mol. The van der Waals surface area contributed by atoms with Crippen molar-refractivity contribution in [1.29, 1.82) is 0 Å². The van der Waals surface area contributed by atoms with Gasteiger partial charge in [-0.05, 0) is 18.3 Å². The Morgan fingerprint density at radius 1 is 0.650 bits per heavy atom. The van der Waals surface area contributed by atoms with Gasteiger partial charge in [0.25, 0.3) is 0 Å². The summed E-state index contributed by atoms with van der Waals surface area (Å²) < 4.78 is 0. The molecule has 0 heterocycles. The predicted molar refractivity (Wildman–Crippen MR) is 173 cm³/mol. The van der Waals surface area contributed by atoms with Gasteiger partial charge < -0.3 is 0 Å². The first-order chi connectivity index (χ1) is 18.4. The average molecular weight is 693 g/mol. The first-order valence-electron chi connectivity index (χ1n) is 14.0. The number of rotatable bonds is 0. The van der Waals surface area contributed by atoms with E-state index in [1.807, 2.05) is 60.7 Å². The molecule has 6 rings (SSSR count). The Kier molecular flexibility index (Phi) is 12.3. The van der Waals surface area contributed by atoms with Crippen molar-refractivity contribution in [1.82, 2.24) is 0 Å². The molecular weight excluding hydrogens is 647 g/mol. The van der Waals surface area contributed by atoms with E-state index in [-0.39, 0.29) is 25.8 Å². The Bertz CT molecular complexity index is 1360. The molecule has 0 bridgehead atoms. The molecular formula is C39H46Hf. The smallest absolute Gasteiger partial charge is 0.199 e. The topological polar surface area (TPSA) is 0 Å². The van der Waals surface area contributed by atoms with Crippen LogP contribution in [-0.2, 0) is 38.7 Å². The molecule has 0 aromatic heterocycles. The fourth-order valence-corrected chi connectivity index (χ4v) is 5.28. The minimum Gasteiger partial charge on any atom is -0.199 e. The number of hydrogen-bond acceptors (Lipinski definition) is 0. The SMILES string of the molecule is C[c-]1ccc2cc3c(cc21)CC(C)(C)C3.Cc1c(C)c(C)[c-](C)c1C.[CH2-]c1ccccc1.[CH2-]c1ccccc1.[Hf+4]. The van der Waals surface area contributed by atoms with Gasteiger partial charge in [0.1, 0.15) is 0 Å². The van der Waals surface area contributed by atoms with Gasteiger partial charge in [0.2, 0.25) is 0 Å². The van der Waals surface area contributed by atoms with Crippen LogP contribution in [0.3, 0.4) is 0 Å². The van der Waals surface area contributed by atoms with E-state index in [0.717, 1.165) is 11.1 Å². The summed E-state index contributed by atoms with van der Waals surface area (Å²) in [6.45, 7) is 25.4. The molecule has 0 unspecified atom stereocenters. The molecule has 1 aliphatic carbocycles. The van der Waals surface area contributed by atoms with Crippen LogP contribution >= 0.6 is 0 Å². The van der Waals surface area contributed by atoms with Gasteiger partial charge in [-0.3, -0.25) is 0 Å². The van der Waals surface area contributed by atoms with Gasteiger partial charge in [0, 0.05) is 0 Å². The zero-order valence-electron chi connectivity index (χ0n) is 25.9. The van der Waals surface area contributed by atoms with Crippen LogP contribution in [-0.4, -0.2) is 0 Å². The molecule has 5 aromatic carbocycles. The summed E-state index contributed by atoms with van der Waals surface area (Å²) in [4.78, 5) is 0. The van der Waals surface area contributed by atoms with E-state index in [0.29, 0.717) is 5.41 Å². The Morgan fingerprint density at radius 2 is 1.07 bits per heavy atom. The Balaban J connectivity index is 0.000000196. The summed E-state index contributed by atoms with van der Waals surface area (Å²) in [5.41, 5.74) is 14.5. The Morgan fingerprint density at radius 3 is 1.43 bits per heavy atom. The summed E-state index contributed by atoms with van der Waals surface area (Å²) in [5.74, 6) is 0. The fraction of sp³-hybridized carbons (Fsp3) is 0.282. The van der Waals surface area contributed by atoms with Crippen LogP contribution in [0.25, 0.3) is 10.8 Å². The maximum absolute atomic E-state index is 3.72. The Hall–Kier alpha value is -2.77. The van der Waals surface area contributed by atoms with E-state index >= 15 is 0 Å². The first kappa shape index (κ1) is 33.4. The summed E-state index contributed by atoms with van der Waals surface area (Å²) in [6.07, 6.45) is 2.48. The summed E-state index contributed by atoms with van der Waals surface area (Å²) in [7, 11) is 0. The molecule has 0 amide bonds. The molecule has 0 saturated carbocycles. The van der Waals surface area contributed by atoms with Gasteiger partial charge >= 0.3 is 25.8 Å². The van der Waals surface area contributed by atoms with Crippen molar-refractivity contribution in [3.63, 3.8) is 0 Å². The van der Waals surface area contributed by atoms with Gasteiger partial charge in [0.15, 0.2) is 0 Å². The van der Waals surface area contributed by atoms with E-state index in [2.05, 4.69) is 93.5 Å². The van der Waals surface area contributed by atoms with E-state index in [1.165, 1.54) is 57.0 Å². The minimum absolute atomic E-state index is 0. The number of fused-ring (bicyclic) bond motifs is 2. The molecule has 5 aromatic rings. The third kappa shape index (κ3) is 8.87. The van der Waals surface area contributed by atoms with Gasteiger partial charge in [-0.15, -0.1) is 52.7 Å². The second-order valence-electron chi connectivity index (χ2n) is 11.8. The first-order valence-corrected chi connectivity index (χ1v) is 14.0. The second kappa shape index (κ2) is 14.7. The zero-order valence-corrected chi connectivity index (χ0v) is 29.5. The second-order valence-corrected chi connectivity index (χ2v) is 11.8. The van der Waals surface area contributed by atoms with Gasteiger partial charge in [0.05, 0.1) is 0 Å². The van der Waals surface area contributed by atoms with Crippen molar-refractivity contribution in [3.8, 4) is 0 Å². The largest absolute Gasteiger partial charge is 4.00 e. The van der Waals surface area contributed by atoms with E-state index < -0.39 is 0 Å². The molecule has 0 N–H and O–H groups in total.